The maximum atomic E-state index is 5.88. The molecule has 2 rings (SSSR count). The Labute approximate surface area is 94.1 Å². The third-order valence-corrected chi connectivity index (χ3v) is 2.22. The lowest BCUT2D eigenvalue weighted by Crippen LogP contribution is -1.76. The standard InChI is InChI=1S/C13H10ClN/c14-12-5-3-4-11(10-12)7-8-13-6-1-2-9-15-13/h1-10H. The molecule has 1 nitrogen and oxygen atoms in total. The summed E-state index contributed by atoms with van der Waals surface area (Å²) >= 11 is 5.88. The van der Waals surface area contributed by atoms with E-state index < -0.39 is 0 Å². The van der Waals surface area contributed by atoms with Gasteiger partial charge in [0, 0.05) is 11.2 Å². The number of halogens is 1. The molecule has 0 bridgehead atoms. The lowest BCUT2D eigenvalue weighted by Gasteiger charge is -1.94. The highest BCUT2D eigenvalue weighted by atomic mass is 35.5. The van der Waals surface area contributed by atoms with Gasteiger partial charge in [-0.3, -0.25) is 4.98 Å². The number of hydrogen-bond donors (Lipinski definition) is 0. The Kier molecular flexibility index (Phi) is 3.15. The summed E-state index contributed by atoms with van der Waals surface area (Å²) in [5, 5.41) is 0.748. The van der Waals surface area contributed by atoms with Crippen LogP contribution in [0.3, 0.4) is 0 Å². The van der Waals surface area contributed by atoms with E-state index in [0.717, 1.165) is 16.3 Å². The highest BCUT2D eigenvalue weighted by molar-refractivity contribution is 6.30. The Morgan fingerprint density at radius 2 is 1.93 bits per heavy atom. The topological polar surface area (TPSA) is 12.9 Å². The van der Waals surface area contributed by atoms with Crippen LogP contribution < -0.4 is 0 Å². The fraction of sp³-hybridized carbons (Fsp3) is 0. The maximum Gasteiger partial charge on any atom is 0.0629 e. The molecule has 2 heteroatoms. The Balaban J connectivity index is 2.19. The summed E-state index contributed by atoms with van der Waals surface area (Å²) in [6.45, 7) is 0. The van der Waals surface area contributed by atoms with E-state index in [1.54, 1.807) is 6.20 Å². The van der Waals surface area contributed by atoms with Gasteiger partial charge in [-0.15, -0.1) is 0 Å². The van der Waals surface area contributed by atoms with Gasteiger partial charge in [-0.1, -0.05) is 35.9 Å². The van der Waals surface area contributed by atoms with Gasteiger partial charge >= 0.3 is 0 Å². The number of hydrogen-bond acceptors (Lipinski definition) is 1. The lowest BCUT2D eigenvalue weighted by atomic mass is 10.2. The van der Waals surface area contributed by atoms with E-state index in [2.05, 4.69) is 4.98 Å². The number of rotatable bonds is 2. The van der Waals surface area contributed by atoms with Gasteiger partial charge in [0.15, 0.2) is 0 Å². The van der Waals surface area contributed by atoms with Crippen molar-refractivity contribution in [2.45, 2.75) is 0 Å². The first-order valence-electron chi connectivity index (χ1n) is 4.69. The SMILES string of the molecule is Clc1cccc(C=Cc2ccccn2)c1. The fourth-order valence-electron chi connectivity index (χ4n) is 1.27. The molecule has 0 saturated carbocycles. The second-order valence-electron chi connectivity index (χ2n) is 3.14. The summed E-state index contributed by atoms with van der Waals surface area (Å²) < 4.78 is 0. The number of pyridine rings is 1. The van der Waals surface area contributed by atoms with Crippen molar-refractivity contribution in [1.82, 2.24) is 4.98 Å². The van der Waals surface area contributed by atoms with Crippen LogP contribution in [0.1, 0.15) is 11.3 Å². The third-order valence-electron chi connectivity index (χ3n) is 1.98. The van der Waals surface area contributed by atoms with E-state index in [0.29, 0.717) is 0 Å². The van der Waals surface area contributed by atoms with Gasteiger partial charge in [-0.05, 0) is 35.9 Å². The van der Waals surface area contributed by atoms with Crippen molar-refractivity contribution < 1.29 is 0 Å². The molecule has 2 aromatic rings. The van der Waals surface area contributed by atoms with Gasteiger partial charge in [0.05, 0.1) is 5.69 Å². The molecule has 0 unspecified atom stereocenters. The molecule has 0 saturated heterocycles. The highest BCUT2D eigenvalue weighted by Gasteiger charge is 1.89. The van der Waals surface area contributed by atoms with Crippen LogP contribution in [-0.4, -0.2) is 4.98 Å². The molecule has 0 atom stereocenters. The summed E-state index contributed by atoms with van der Waals surface area (Å²) in [5.74, 6) is 0. The van der Waals surface area contributed by atoms with E-state index in [9.17, 15) is 0 Å². The Hall–Kier alpha value is -1.60. The first-order valence-corrected chi connectivity index (χ1v) is 5.07. The molecule has 0 amide bonds. The van der Waals surface area contributed by atoms with Gasteiger partial charge in [0.1, 0.15) is 0 Å². The summed E-state index contributed by atoms with van der Waals surface area (Å²) in [6, 6.07) is 13.5. The Morgan fingerprint density at radius 3 is 2.67 bits per heavy atom. The van der Waals surface area contributed by atoms with Crippen LogP contribution in [0.15, 0.2) is 48.7 Å². The van der Waals surface area contributed by atoms with E-state index in [1.165, 1.54) is 0 Å². The molecule has 0 aliphatic carbocycles. The molecule has 1 aromatic heterocycles. The second kappa shape index (κ2) is 4.76. The van der Waals surface area contributed by atoms with Crippen LogP contribution in [0.4, 0.5) is 0 Å². The molecule has 0 radical (unpaired) electrons. The summed E-state index contributed by atoms with van der Waals surface area (Å²) in [5.41, 5.74) is 2.02. The average Bonchev–Trinajstić information content (AvgIpc) is 2.28. The number of nitrogens with zero attached hydrogens (tertiary/aromatic N) is 1. The van der Waals surface area contributed by atoms with Crippen molar-refractivity contribution in [3.05, 3.63) is 64.9 Å². The Bertz CT molecular complexity index is 463. The molecule has 0 aliphatic rings. The van der Waals surface area contributed by atoms with Crippen molar-refractivity contribution in [3.63, 3.8) is 0 Å². The molecular weight excluding hydrogens is 206 g/mol. The molecule has 1 aromatic carbocycles. The fourth-order valence-corrected chi connectivity index (χ4v) is 1.47. The third kappa shape index (κ3) is 2.93. The summed E-state index contributed by atoms with van der Waals surface area (Å²) in [7, 11) is 0. The van der Waals surface area contributed by atoms with Crippen molar-refractivity contribution >= 4 is 23.8 Å². The predicted molar refractivity (Wildman–Crippen MR) is 64.6 cm³/mol. The molecule has 0 fully saturated rings. The van der Waals surface area contributed by atoms with Crippen molar-refractivity contribution in [1.29, 1.82) is 0 Å². The summed E-state index contributed by atoms with van der Waals surface area (Å²) in [6.07, 6.45) is 5.73. The van der Waals surface area contributed by atoms with Crippen LogP contribution in [0.25, 0.3) is 12.2 Å². The van der Waals surface area contributed by atoms with Crippen LogP contribution in [-0.2, 0) is 0 Å². The largest absolute Gasteiger partial charge is 0.257 e. The molecule has 0 spiro atoms. The molecule has 0 aliphatic heterocycles. The first-order chi connectivity index (χ1) is 7.34. The monoisotopic (exact) mass is 215 g/mol. The quantitative estimate of drug-likeness (QED) is 0.740. The predicted octanol–water partition coefficient (Wildman–Crippen LogP) is 3.91. The molecular formula is C13H10ClN. The molecule has 74 valence electrons. The summed E-state index contributed by atoms with van der Waals surface area (Å²) in [4.78, 5) is 4.20. The van der Waals surface area contributed by atoms with Gasteiger partial charge in [0.25, 0.3) is 0 Å². The molecule has 15 heavy (non-hydrogen) atoms. The van der Waals surface area contributed by atoms with Gasteiger partial charge in [-0.25, -0.2) is 0 Å². The minimum atomic E-state index is 0.748. The van der Waals surface area contributed by atoms with Gasteiger partial charge in [-0.2, -0.15) is 0 Å². The zero-order valence-corrected chi connectivity index (χ0v) is 8.85. The maximum absolute atomic E-state index is 5.88. The van der Waals surface area contributed by atoms with Crippen molar-refractivity contribution in [2.24, 2.45) is 0 Å². The smallest absolute Gasteiger partial charge is 0.0629 e. The van der Waals surface area contributed by atoms with Crippen molar-refractivity contribution in [3.8, 4) is 0 Å². The first kappa shape index (κ1) is 9.94. The highest BCUT2D eigenvalue weighted by Crippen LogP contribution is 2.12. The molecule has 0 N–H and O–H groups in total. The van der Waals surface area contributed by atoms with Crippen LogP contribution in [0, 0.1) is 0 Å². The van der Waals surface area contributed by atoms with E-state index in [4.69, 9.17) is 11.6 Å². The average molecular weight is 216 g/mol. The zero-order valence-electron chi connectivity index (χ0n) is 8.10. The molecule has 1 heterocycles. The van der Waals surface area contributed by atoms with Crippen molar-refractivity contribution in [2.75, 3.05) is 0 Å². The number of benzene rings is 1. The lowest BCUT2D eigenvalue weighted by molar-refractivity contribution is 1.30. The Morgan fingerprint density at radius 1 is 1.00 bits per heavy atom. The van der Waals surface area contributed by atoms with Crippen LogP contribution in [0.2, 0.25) is 5.02 Å². The van der Waals surface area contributed by atoms with E-state index >= 15 is 0 Å². The van der Waals surface area contributed by atoms with Gasteiger partial charge < -0.3 is 0 Å². The number of aromatic nitrogens is 1. The van der Waals surface area contributed by atoms with Crippen LogP contribution in [0.5, 0.6) is 0 Å². The van der Waals surface area contributed by atoms with Crippen LogP contribution >= 0.6 is 11.6 Å². The van der Waals surface area contributed by atoms with E-state index in [1.807, 2.05) is 54.6 Å². The minimum Gasteiger partial charge on any atom is -0.257 e. The normalized spacial score (nSPS) is 10.7. The van der Waals surface area contributed by atoms with Gasteiger partial charge in [0.2, 0.25) is 0 Å². The second-order valence-corrected chi connectivity index (χ2v) is 3.58. The zero-order chi connectivity index (χ0) is 10.5. The minimum absolute atomic E-state index is 0.748. The van der Waals surface area contributed by atoms with E-state index in [-0.39, 0.29) is 0 Å².